The second kappa shape index (κ2) is 49.9. The first-order chi connectivity index (χ1) is 78.7. The lowest BCUT2D eigenvalue weighted by Crippen LogP contribution is -2.31. The number of ether oxygens (including phenoxy) is 4. The van der Waals surface area contributed by atoms with Crippen molar-refractivity contribution in [3.05, 3.63) is 137 Å². The summed E-state index contributed by atoms with van der Waals surface area (Å²) in [6.45, 7) is 1.79. The summed E-state index contributed by atoms with van der Waals surface area (Å²) < 4.78 is 345. The summed E-state index contributed by atoms with van der Waals surface area (Å²) in [5, 5.41) is 16.4. The van der Waals surface area contributed by atoms with E-state index < -0.39 is 183 Å². The van der Waals surface area contributed by atoms with Crippen molar-refractivity contribution in [1.29, 1.82) is 0 Å². The lowest BCUT2D eigenvalue weighted by Gasteiger charge is -2.19. The minimum atomic E-state index is -4.65. The molecule has 4 aromatic carbocycles. The summed E-state index contributed by atoms with van der Waals surface area (Å²) in [4.78, 5) is 87.2. The van der Waals surface area contributed by atoms with Crippen LogP contribution in [0.2, 0.25) is 0 Å². The molecule has 12 heterocycles. The molecule has 40 nitrogen and oxygen atoms in total. The summed E-state index contributed by atoms with van der Waals surface area (Å²) in [7, 11) is -10.4. The molecule has 0 amide bonds. The van der Waals surface area contributed by atoms with E-state index in [4.69, 9.17) is 53.2 Å². The van der Waals surface area contributed by atoms with E-state index in [1.165, 1.54) is 66.7 Å². The highest BCUT2D eigenvalue weighted by molar-refractivity contribution is 7.90. The third-order valence-corrected chi connectivity index (χ3v) is 29.6. The Bertz CT molecular complexity index is 8410. The predicted octanol–water partition coefficient (Wildman–Crippen LogP) is 11.3. The number of sulfonamides is 4. The zero-order valence-corrected chi connectivity index (χ0v) is 85.9. The van der Waals surface area contributed by atoms with Gasteiger partial charge in [0.2, 0.25) is 40.1 Å². The van der Waals surface area contributed by atoms with Crippen molar-refractivity contribution in [3.63, 3.8) is 0 Å². The Morgan fingerprint density at radius 3 is 0.896 bits per heavy atom. The first-order valence-corrected chi connectivity index (χ1v) is 54.1. The van der Waals surface area contributed by atoms with Crippen LogP contribution in [0, 0.1) is 0 Å². The standard InChI is InChI=1S/4C25H36N6O4S/c4*1-5-8-20-22-23(31(4)29-20)25(32)28-24(27-22)19-16-18(10-11-21(19)35-15-6-2)36(33,34)26-13-12-17-9-7-14-30(17)3/h4*10-11,16-17,26H,5-9,12-15H2,1-4H3,(H,27,28,32)/i4D3,12D2,13D2;4D3,12D2,13D;4D3,8D2,12D2;4D3,12D2. The van der Waals surface area contributed by atoms with E-state index in [-0.39, 0.29) is 159 Å². The topological polar surface area (TPSA) is 489 Å². The monoisotopic (exact) mass is 2090 g/mol. The number of aryl methyl sites for hydroxylation is 8. The van der Waals surface area contributed by atoms with Gasteiger partial charge in [-0.25, -0.2) is 72.5 Å². The number of hydrogen-bond donors (Lipinski definition) is 8. The molecule has 0 bridgehead atoms. The van der Waals surface area contributed by atoms with Crippen LogP contribution < -0.4 is 60.1 Å². The maximum Gasteiger partial charge on any atom is 0.277 e. The van der Waals surface area contributed by atoms with Gasteiger partial charge in [-0.05, 0) is 255 Å². The Morgan fingerprint density at radius 1 is 0.354 bits per heavy atom. The van der Waals surface area contributed by atoms with Crippen LogP contribution >= 0.6 is 0 Å². The van der Waals surface area contributed by atoms with Crippen molar-refractivity contribution in [3.8, 4) is 68.5 Å². The number of likely N-dealkylation sites (tertiary alicyclic amines) is 4. The largest absolute Gasteiger partial charge is 0.493 e. The Morgan fingerprint density at radius 2 is 0.625 bits per heavy atom. The highest BCUT2D eigenvalue weighted by Gasteiger charge is 2.32. The molecule has 0 radical (unpaired) electrons. The first-order valence-electron chi connectivity index (χ1n) is 60.7. The summed E-state index contributed by atoms with van der Waals surface area (Å²) in [6, 6.07) is 13.3. The van der Waals surface area contributed by atoms with Gasteiger partial charge in [0.15, 0.2) is 22.1 Å². The van der Waals surface area contributed by atoms with Crippen LogP contribution in [0.3, 0.4) is 0 Å². The second-order valence-electron chi connectivity index (χ2n) is 35.0. The summed E-state index contributed by atoms with van der Waals surface area (Å²) >= 11 is 0. The smallest absolute Gasteiger partial charge is 0.277 e. The quantitative estimate of drug-likeness (QED) is 0.0176. The fraction of sp³-hybridized carbons (Fsp3) is 0.560. The van der Waals surface area contributed by atoms with Gasteiger partial charge >= 0.3 is 0 Å². The van der Waals surface area contributed by atoms with Crippen molar-refractivity contribution < 1.29 is 86.9 Å². The van der Waals surface area contributed by atoms with Gasteiger partial charge in [-0.1, -0.05) is 81.1 Å². The fourth-order valence-corrected chi connectivity index (χ4v) is 20.5. The number of aromatic amines is 4. The molecule has 4 aliphatic heterocycles. The van der Waals surface area contributed by atoms with Gasteiger partial charge in [0.1, 0.15) is 68.4 Å². The molecule has 5 atom stereocenters. The van der Waals surface area contributed by atoms with Gasteiger partial charge in [0.05, 0.1) is 91.0 Å². The normalized spacial score (nSPS) is 20.5. The Kier molecular flexibility index (Phi) is 27.8. The van der Waals surface area contributed by atoms with E-state index in [2.05, 4.69) is 74.4 Å². The van der Waals surface area contributed by atoms with E-state index in [9.17, 15) is 52.8 Å². The maximum atomic E-state index is 13.5. The number of benzene rings is 4. The van der Waals surface area contributed by atoms with Crippen LogP contribution in [-0.2, 0) is 93.6 Å². The van der Waals surface area contributed by atoms with E-state index in [1.807, 2.05) is 70.0 Å². The van der Waals surface area contributed by atoms with Crippen molar-refractivity contribution >= 4 is 84.2 Å². The molecule has 144 heavy (non-hydrogen) atoms. The molecule has 4 fully saturated rings. The highest BCUT2D eigenvalue weighted by atomic mass is 32.2. The number of fused-ring (bicyclic) bond motifs is 4. The molecule has 0 saturated carbocycles. The molecule has 8 aromatic heterocycles. The lowest BCUT2D eigenvalue weighted by molar-refractivity contribution is 0.297. The Hall–Kier alpha value is -11.0. The molecule has 0 aliphatic carbocycles. The van der Waals surface area contributed by atoms with Crippen molar-refractivity contribution in [1.82, 2.24) is 117 Å². The molecular formula is C100H144N24O16S4. The number of rotatable bonds is 44. The minimum Gasteiger partial charge on any atom is -0.493 e. The molecule has 784 valence electrons. The fourth-order valence-electron chi connectivity index (χ4n) is 16.8. The Labute approximate surface area is 878 Å². The number of H-pyrrole nitrogens is 4. The molecular weight excluding hydrogens is 1920 g/mol. The highest BCUT2D eigenvalue weighted by Crippen LogP contribution is 2.38. The second-order valence-corrected chi connectivity index (χ2v) is 41.9. The average molecular weight is 2090 g/mol. The lowest BCUT2D eigenvalue weighted by atomic mass is 10.1. The number of nitrogens with zero attached hydrogens (tertiary/aromatic N) is 16. The van der Waals surface area contributed by atoms with E-state index >= 15 is 0 Å². The number of nitrogens with one attached hydrogen (secondary N) is 8. The first kappa shape index (κ1) is 80.2. The molecule has 12 aromatic rings. The minimum absolute atomic E-state index is 0.00370. The average Bonchev–Trinajstić information content (AvgIpc) is 1.51. The molecule has 0 spiro atoms. The Balaban J connectivity index is 0.000000185. The van der Waals surface area contributed by atoms with E-state index in [0.29, 0.717) is 146 Å². The van der Waals surface area contributed by atoms with Crippen molar-refractivity contribution in [2.75, 3.05) is 107 Å². The van der Waals surface area contributed by atoms with Crippen LogP contribution in [0.1, 0.15) is 241 Å². The summed E-state index contributed by atoms with van der Waals surface area (Å²) in [5.74, 6) is 0.513. The molecule has 8 N–H and O–H groups in total. The van der Waals surface area contributed by atoms with E-state index in [0.717, 1.165) is 38.4 Å². The van der Waals surface area contributed by atoms with Gasteiger partial charge in [0, 0.05) is 112 Å². The van der Waals surface area contributed by atoms with E-state index in [1.54, 1.807) is 37.9 Å². The number of aromatic nitrogens is 16. The molecule has 4 aliphatic rings. The molecule has 4 saturated heterocycles. The third-order valence-electron chi connectivity index (χ3n) is 24.2. The van der Waals surface area contributed by atoms with Gasteiger partial charge in [-0.3, -0.25) is 37.9 Å². The van der Waals surface area contributed by atoms with Gasteiger partial charge in [-0.2, -0.15) is 20.4 Å². The zero-order valence-electron chi connectivity index (χ0n) is 108. The van der Waals surface area contributed by atoms with Crippen molar-refractivity contribution in [2.45, 2.75) is 253 Å². The van der Waals surface area contributed by atoms with Crippen LogP contribution in [0.15, 0.2) is 112 Å². The molecule has 44 heteroatoms. The maximum absolute atomic E-state index is 13.5. The van der Waals surface area contributed by atoms with Gasteiger partial charge in [0.25, 0.3) is 22.2 Å². The van der Waals surface area contributed by atoms with Crippen LogP contribution in [-0.4, -0.2) is 263 Å². The third kappa shape index (κ3) is 26.5. The molecule has 5 unspecified atom stereocenters. The van der Waals surface area contributed by atoms with Gasteiger partial charge < -0.3 is 58.5 Å². The summed E-state index contributed by atoms with van der Waals surface area (Å²) in [6.07, 6.45) is 0.0735. The number of hydrogen-bond acceptors (Lipinski definition) is 28. The van der Waals surface area contributed by atoms with Crippen LogP contribution in [0.5, 0.6) is 23.0 Å². The SMILES string of the molecule is [2H]C(NS(=O)(=O)c1ccc(OCCC)c(-c2nc3c(CCC)nn(C([2H])([2H])[2H])c3c(=O)[nH]2)c1)C([2H])([2H])C1CCCN1C.[2H]C([2H])(CC)c1nn(C([2H])([2H])[2H])c2c(=O)[nH]c(-c3cc(S(=O)(=O)NCC([2H])([2H])C4CCCN4C)ccc3OCCC)nc12.[2H]C([2H])(CNS(=O)(=O)c1ccc(OCCC)c(-c2nc3c(CCC)nn(C([2H])([2H])[2H])c3c(=O)[nH]2)c1)C1CCCN1C.[2H]C([2H])([2H])n1nc(CCC)c2nc(-c3cc(S(=O)(=O)NC([2H])([2H])C([2H])([2H])C4CCCN4C)ccc3OCCC)[nH]c(=O)c21. The van der Waals surface area contributed by atoms with Crippen molar-refractivity contribution in [2.24, 2.45) is 27.9 Å². The van der Waals surface area contributed by atoms with Crippen LogP contribution in [0.4, 0.5) is 0 Å². The van der Waals surface area contributed by atoms with Crippen LogP contribution in [0.25, 0.3) is 89.7 Å². The van der Waals surface area contributed by atoms with Gasteiger partial charge in [-0.15, -0.1) is 0 Å². The summed E-state index contributed by atoms with van der Waals surface area (Å²) in [5.41, 5.74) is -3.35. The predicted molar refractivity (Wildman–Crippen MR) is 559 cm³/mol. The molecule has 16 rings (SSSR count). The zero-order chi connectivity index (χ0) is 125.